The first-order valence-corrected chi connectivity index (χ1v) is 12.1. The first-order chi connectivity index (χ1) is 18.6. The number of rotatable bonds is 9. The standard InChI is InChI=1S/C31H27N3O5/c1-18-14-25(24-13-10-22(19(2)35)15-27(24)31(37)38)26(16-28(18)39-17-20-6-4-3-5-7-20)30(36)34-23-11-8-21(9-12-23)29(32)33/h3-16H,17H2,1-2H3,(H3,32,33)(H,34,36)(H,37,38). The van der Waals surface area contributed by atoms with Crippen molar-refractivity contribution in [2.75, 3.05) is 5.32 Å². The first-order valence-electron chi connectivity index (χ1n) is 12.1. The van der Waals surface area contributed by atoms with E-state index in [1.807, 2.05) is 37.3 Å². The van der Waals surface area contributed by atoms with Crippen molar-refractivity contribution in [2.45, 2.75) is 20.5 Å². The van der Waals surface area contributed by atoms with Crippen LogP contribution in [0, 0.1) is 12.3 Å². The molecule has 0 spiro atoms. The van der Waals surface area contributed by atoms with Crippen LogP contribution in [-0.2, 0) is 6.61 Å². The number of aryl methyl sites for hydroxylation is 1. The number of benzene rings is 4. The third-order valence-electron chi connectivity index (χ3n) is 6.20. The van der Waals surface area contributed by atoms with E-state index in [4.69, 9.17) is 15.9 Å². The predicted molar refractivity (Wildman–Crippen MR) is 150 cm³/mol. The fourth-order valence-corrected chi connectivity index (χ4v) is 4.10. The average Bonchev–Trinajstić information content (AvgIpc) is 2.92. The number of Topliss-reactive ketones (excluding diaryl/α,β-unsaturated/α-hetero) is 1. The van der Waals surface area contributed by atoms with Gasteiger partial charge in [0, 0.05) is 16.8 Å². The highest BCUT2D eigenvalue weighted by molar-refractivity contribution is 6.11. The van der Waals surface area contributed by atoms with Gasteiger partial charge in [-0.05, 0) is 78.6 Å². The lowest BCUT2D eigenvalue weighted by atomic mass is 9.91. The van der Waals surface area contributed by atoms with Gasteiger partial charge < -0.3 is 20.9 Å². The summed E-state index contributed by atoms with van der Waals surface area (Å²) in [6.45, 7) is 3.46. The number of ketones is 1. The normalized spacial score (nSPS) is 10.5. The van der Waals surface area contributed by atoms with Crippen molar-refractivity contribution in [3.05, 3.63) is 118 Å². The molecule has 0 aliphatic carbocycles. The average molecular weight is 522 g/mol. The molecular formula is C31H27N3O5. The summed E-state index contributed by atoms with van der Waals surface area (Å²) >= 11 is 0. The lowest BCUT2D eigenvalue weighted by Crippen LogP contribution is -2.15. The number of carboxylic acid groups (broad SMARTS) is 1. The minimum Gasteiger partial charge on any atom is -0.489 e. The molecule has 4 rings (SSSR count). The number of amidine groups is 1. The van der Waals surface area contributed by atoms with Crippen LogP contribution in [-0.4, -0.2) is 28.6 Å². The van der Waals surface area contributed by atoms with E-state index < -0.39 is 11.9 Å². The Bertz CT molecular complexity index is 1580. The Morgan fingerprint density at radius 2 is 1.54 bits per heavy atom. The van der Waals surface area contributed by atoms with Gasteiger partial charge in [-0.3, -0.25) is 15.0 Å². The fourth-order valence-electron chi connectivity index (χ4n) is 4.10. The maximum Gasteiger partial charge on any atom is 0.336 e. The number of carbonyl (C=O) groups excluding carboxylic acids is 2. The number of anilines is 1. The van der Waals surface area contributed by atoms with Crippen molar-refractivity contribution in [1.29, 1.82) is 5.41 Å². The fraction of sp³-hybridized carbons (Fsp3) is 0.0968. The van der Waals surface area contributed by atoms with E-state index in [0.29, 0.717) is 33.7 Å². The summed E-state index contributed by atoms with van der Waals surface area (Å²) in [5, 5.41) is 20.3. The van der Waals surface area contributed by atoms with Gasteiger partial charge in [-0.15, -0.1) is 0 Å². The minimum absolute atomic E-state index is 0.0934. The second-order valence-corrected chi connectivity index (χ2v) is 9.00. The van der Waals surface area contributed by atoms with Crippen molar-refractivity contribution in [3.63, 3.8) is 0 Å². The number of carbonyl (C=O) groups is 3. The Morgan fingerprint density at radius 1 is 0.872 bits per heavy atom. The predicted octanol–water partition coefficient (Wildman–Crippen LogP) is 5.68. The van der Waals surface area contributed by atoms with Crippen molar-refractivity contribution >= 4 is 29.2 Å². The molecular weight excluding hydrogens is 494 g/mol. The summed E-state index contributed by atoms with van der Waals surface area (Å²) < 4.78 is 6.05. The molecule has 5 N–H and O–H groups in total. The summed E-state index contributed by atoms with van der Waals surface area (Å²) in [6, 6.07) is 23.8. The number of aromatic carboxylic acids is 1. The van der Waals surface area contributed by atoms with Crippen molar-refractivity contribution in [1.82, 2.24) is 0 Å². The Labute approximate surface area is 225 Å². The van der Waals surface area contributed by atoms with E-state index in [1.54, 1.807) is 42.5 Å². The molecule has 0 unspecified atom stereocenters. The van der Waals surface area contributed by atoms with E-state index in [0.717, 1.165) is 5.56 Å². The van der Waals surface area contributed by atoms with Crippen LogP contribution in [0.25, 0.3) is 11.1 Å². The molecule has 0 radical (unpaired) electrons. The smallest absolute Gasteiger partial charge is 0.336 e. The minimum atomic E-state index is -1.22. The zero-order valence-corrected chi connectivity index (χ0v) is 21.4. The molecule has 0 fully saturated rings. The van der Waals surface area contributed by atoms with Gasteiger partial charge in [0.1, 0.15) is 18.2 Å². The molecule has 8 heteroatoms. The lowest BCUT2D eigenvalue weighted by Gasteiger charge is -2.17. The Balaban J connectivity index is 1.79. The molecule has 4 aromatic carbocycles. The second kappa shape index (κ2) is 11.4. The highest BCUT2D eigenvalue weighted by Gasteiger charge is 2.22. The molecule has 0 bridgehead atoms. The maximum atomic E-state index is 13.6. The summed E-state index contributed by atoms with van der Waals surface area (Å²) in [5.41, 5.74) is 9.18. The van der Waals surface area contributed by atoms with Crippen LogP contribution in [0.3, 0.4) is 0 Å². The number of amides is 1. The van der Waals surface area contributed by atoms with Crippen LogP contribution in [0.5, 0.6) is 5.75 Å². The van der Waals surface area contributed by atoms with Crippen molar-refractivity contribution in [3.8, 4) is 16.9 Å². The van der Waals surface area contributed by atoms with E-state index in [2.05, 4.69) is 5.32 Å². The molecule has 0 saturated carbocycles. The Hall–Kier alpha value is -5.24. The van der Waals surface area contributed by atoms with E-state index in [-0.39, 0.29) is 34.9 Å². The molecule has 39 heavy (non-hydrogen) atoms. The molecule has 0 atom stereocenters. The van der Waals surface area contributed by atoms with Gasteiger partial charge in [-0.1, -0.05) is 42.5 Å². The molecule has 0 heterocycles. The van der Waals surface area contributed by atoms with Crippen LogP contribution in [0.15, 0.2) is 84.9 Å². The molecule has 0 aliphatic heterocycles. The summed E-state index contributed by atoms with van der Waals surface area (Å²) in [5.74, 6) is -1.60. The zero-order valence-electron chi connectivity index (χ0n) is 21.4. The van der Waals surface area contributed by atoms with Crippen LogP contribution in [0.2, 0.25) is 0 Å². The lowest BCUT2D eigenvalue weighted by molar-refractivity contribution is 0.0697. The Kier molecular flexibility index (Phi) is 7.86. The van der Waals surface area contributed by atoms with Crippen LogP contribution < -0.4 is 15.8 Å². The third kappa shape index (κ3) is 6.19. The van der Waals surface area contributed by atoms with Gasteiger partial charge in [0.2, 0.25) is 0 Å². The Morgan fingerprint density at radius 3 is 2.15 bits per heavy atom. The second-order valence-electron chi connectivity index (χ2n) is 9.00. The van der Waals surface area contributed by atoms with Crippen LogP contribution in [0.4, 0.5) is 5.69 Å². The van der Waals surface area contributed by atoms with Gasteiger partial charge in [0.05, 0.1) is 11.1 Å². The molecule has 0 saturated heterocycles. The van der Waals surface area contributed by atoms with Crippen LogP contribution >= 0.6 is 0 Å². The van der Waals surface area contributed by atoms with Crippen LogP contribution in [0.1, 0.15) is 54.7 Å². The number of ether oxygens (including phenoxy) is 1. The van der Waals surface area contributed by atoms with E-state index >= 15 is 0 Å². The molecule has 1 amide bonds. The zero-order chi connectivity index (χ0) is 28.1. The molecule has 0 aromatic heterocycles. The summed E-state index contributed by atoms with van der Waals surface area (Å²) in [7, 11) is 0. The SMILES string of the molecule is CC(=O)c1ccc(-c2cc(C)c(OCc3ccccc3)cc2C(=O)Nc2ccc(C(=N)N)cc2)c(C(=O)O)c1. The molecule has 8 nitrogen and oxygen atoms in total. The highest BCUT2D eigenvalue weighted by Crippen LogP contribution is 2.34. The number of nitrogen functional groups attached to an aromatic ring is 1. The van der Waals surface area contributed by atoms with Crippen molar-refractivity contribution < 1.29 is 24.2 Å². The quantitative estimate of drug-likeness (QED) is 0.127. The summed E-state index contributed by atoms with van der Waals surface area (Å²) in [4.78, 5) is 37.7. The van der Waals surface area contributed by atoms with Crippen molar-refractivity contribution in [2.24, 2.45) is 5.73 Å². The van der Waals surface area contributed by atoms with Gasteiger partial charge >= 0.3 is 5.97 Å². The van der Waals surface area contributed by atoms with Gasteiger partial charge in [0.25, 0.3) is 5.91 Å². The maximum absolute atomic E-state index is 13.6. The highest BCUT2D eigenvalue weighted by atomic mass is 16.5. The number of carboxylic acids is 1. The number of hydrogen-bond donors (Lipinski definition) is 4. The third-order valence-corrected chi connectivity index (χ3v) is 6.20. The largest absolute Gasteiger partial charge is 0.489 e. The summed E-state index contributed by atoms with van der Waals surface area (Å²) in [6.07, 6.45) is 0. The topological polar surface area (TPSA) is 143 Å². The van der Waals surface area contributed by atoms with Gasteiger partial charge in [-0.2, -0.15) is 0 Å². The van der Waals surface area contributed by atoms with Gasteiger partial charge in [0.15, 0.2) is 5.78 Å². The molecule has 4 aromatic rings. The van der Waals surface area contributed by atoms with Gasteiger partial charge in [-0.25, -0.2) is 4.79 Å². The van der Waals surface area contributed by atoms with E-state index in [1.165, 1.54) is 19.1 Å². The monoisotopic (exact) mass is 521 g/mol. The first kappa shape index (κ1) is 26.8. The number of nitrogens with one attached hydrogen (secondary N) is 2. The molecule has 0 aliphatic rings. The number of nitrogens with two attached hydrogens (primary N) is 1. The number of hydrogen-bond acceptors (Lipinski definition) is 5. The van der Waals surface area contributed by atoms with E-state index in [9.17, 15) is 19.5 Å². The molecule has 196 valence electrons.